The summed E-state index contributed by atoms with van der Waals surface area (Å²) in [5, 5.41) is 18.4. The number of carboxylic acid groups (broad SMARTS) is 1. The first kappa shape index (κ1) is 16.0. The molecule has 7 nitrogen and oxygen atoms in total. The molecule has 0 radical (unpaired) electrons. The lowest BCUT2D eigenvalue weighted by atomic mass is 10.2. The molecule has 0 bridgehead atoms. The summed E-state index contributed by atoms with van der Waals surface area (Å²) >= 11 is 0. The molecule has 1 aromatic heterocycles. The topological polar surface area (TPSA) is 104 Å². The van der Waals surface area contributed by atoms with Crippen LogP contribution < -0.4 is 10.1 Å². The molecule has 0 aliphatic heterocycles. The molecule has 1 saturated carbocycles. The number of hydrogen-bond donors (Lipinski definition) is 3. The van der Waals surface area contributed by atoms with Crippen LogP contribution >= 0.6 is 0 Å². The van der Waals surface area contributed by atoms with Gasteiger partial charge in [0.15, 0.2) is 0 Å². The van der Waals surface area contributed by atoms with Crippen LogP contribution in [0.15, 0.2) is 30.3 Å². The molecule has 0 spiro atoms. The van der Waals surface area contributed by atoms with Crippen molar-refractivity contribution in [3.05, 3.63) is 47.5 Å². The summed E-state index contributed by atoms with van der Waals surface area (Å²) in [6, 6.07) is 6.64. The van der Waals surface area contributed by atoms with Crippen LogP contribution in [0, 0.1) is 5.82 Å². The lowest BCUT2D eigenvalue weighted by molar-refractivity contribution is -0.144. The number of benzene rings is 1. The fraction of sp³-hybridized carbons (Fsp3) is 0.312. The maximum atomic E-state index is 12.8. The van der Waals surface area contributed by atoms with Crippen LogP contribution in [0.25, 0.3) is 0 Å². The maximum absolute atomic E-state index is 12.8. The fourth-order valence-electron chi connectivity index (χ4n) is 2.19. The number of aromatic nitrogens is 2. The van der Waals surface area contributed by atoms with Gasteiger partial charge in [0, 0.05) is 11.6 Å². The quantitative estimate of drug-likeness (QED) is 0.715. The standard InChI is InChI=1S/C16H16FN3O4/c17-10-3-5-11(6-4-10)24-14(16(22)23)8-18-15(21)13-7-12(19-20-13)9-1-2-9/h3-7,9,14H,1-2,8H2,(H,18,21)(H,19,20)(H,22,23). The van der Waals surface area contributed by atoms with Gasteiger partial charge in [-0.15, -0.1) is 0 Å². The SMILES string of the molecule is O=C(NCC(Oc1ccc(F)cc1)C(=O)O)c1cc(C2CC2)[nH]n1. The van der Waals surface area contributed by atoms with Gasteiger partial charge in [-0.25, -0.2) is 9.18 Å². The molecule has 1 aromatic carbocycles. The van der Waals surface area contributed by atoms with Crippen LogP contribution in [0.3, 0.4) is 0 Å². The zero-order valence-corrected chi connectivity index (χ0v) is 12.7. The van der Waals surface area contributed by atoms with Crippen LogP contribution in [-0.2, 0) is 4.79 Å². The highest BCUT2D eigenvalue weighted by molar-refractivity contribution is 5.92. The summed E-state index contributed by atoms with van der Waals surface area (Å²) in [7, 11) is 0. The molecule has 2 aromatic rings. The number of nitrogens with zero attached hydrogens (tertiary/aromatic N) is 1. The summed E-state index contributed by atoms with van der Waals surface area (Å²) in [6.07, 6.45) is 0.868. The number of aliphatic carboxylic acids is 1. The molecule has 24 heavy (non-hydrogen) atoms. The molecular weight excluding hydrogens is 317 g/mol. The van der Waals surface area contributed by atoms with E-state index in [2.05, 4.69) is 15.5 Å². The number of carbonyl (C=O) groups is 2. The summed E-state index contributed by atoms with van der Waals surface area (Å²) in [5.74, 6) is -1.53. The molecule has 8 heteroatoms. The number of carboxylic acids is 1. The van der Waals surface area contributed by atoms with Gasteiger partial charge in [-0.1, -0.05) is 0 Å². The van der Waals surface area contributed by atoms with Gasteiger partial charge in [0.25, 0.3) is 5.91 Å². The number of aromatic amines is 1. The molecule has 1 aliphatic rings. The Labute approximate surface area is 136 Å². The molecule has 1 heterocycles. The van der Waals surface area contributed by atoms with Gasteiger partial charge in [0.2, 0.25) is 6.10 Å². The van der Waals surface area contributed by atoms with Crippen LogP contribution in [0.2, 0.25) is 0 Å². The Balaban J connectivity index is 1.57. The van der Waals surface area contributed by atoms with Crippen LogP contribution in [0.1, 0.15) is 34.9 Å². The number of carbonyl (C=O) groups excluding carboxylic acids is 1. The smallest absolute Gasteiger partial charge is 0.346 e. The normalized spacial score (nSPS) is 14.9. The number of ether oxygens (including phenoxy) is 1. The first-order chi connectivity index (χ1) is 11.5. The second-order valence-corrected chi connectivity index (χ2v) is 5.59. The third-order valence-corrected chi connectivity index (χ3v) is 3.66. The monoisotopic (exact) mass is 333 g/mol. The molecule has 3 N–H and O–H groups in total. The Hall–Kier alpha value is -2.90. The highest BCUT2D eigenvalue weighted by atomic mass is 19.1. The predicted molar refractivity (Wildman–Crippen MR) is 81.3 cm³/mol. The summed E-state index contributed by atoms with van der Waals surface area (Å²) in [4.78, 5) is 23.3. The maximum Gasteiger partial charge on any atom is 0.346 e. The minimum absolute atomic E-state index is 0.203. The molecule has 1 aliphatic carbocycles. The summed E-state index contributed by atoms with van der Waals surface area (Å²) in [6.45, 7) is -0.239. The van der Waals surface area contributed by atoms with E-state index in [1.165, 1.54) is 12.1 Å². The van der Waals surface area contributed by atoms with Gasteiger partial charge in [-0.2, -0.15) is 5.10 Å². The second-order valence-electron chi connectivity index (χ2n) is 5.59. The van der Waals surface area contributed by atoms with E-state index in [0.29, 0.717) is 5.92 Å². The molecule has 1 unspecified atom stereocenters. The summed E-state index contributed by atoms with van der Waals surface area (Å²) in [5.41, 5.74) is 1.13. The van der Waals surface area contributed by atoms with Crippen LogP contribution in [0.5, 0.6) is 5.75 Å². The number of rotatable bonds is 7. The minimum atomic E-state index is -1.29. The van der Waals surface area contributed by atoms with Gasteiger partial charge in [-0.05, 0) is 43.2 Å². The fourth-order valence-corrected chi connectivity index (χ4v) is 2.19. The van der Waals surface area contributed by atoms with Crippen molar-refractivity contribution in [1.82, 2.24) is 15.5 Å². The van der Waals surface area contributed by atoms with Crippen LogP contribution in [-0.4, -0.2) is 39.8 Å². The lowest BCUT2D eigenvalue weighted by Gasteiger charge is -2.15. The van der Waals surface area contributed by atoms with Gasteiger partial charge < -0.3 is 15.2 Å². The Kier molecular flexibility index (Phi) is 4.45. The first-order valence-corrected chi connectivity index (χ1v) is 7.51. The van der Waals surface area contributed by atoms with E-state index in [1.807, 2.05) is 0 Å². The Morgan fingerprint density at radius 2 is 2.08 bits per heavy atom. The van der Waals surface area contributed by atoms with Crippen molar-refractivity contribution in [2.24, 2.45) is 0 Å². The number of nitrogens with one attached hydrogen (secondary N) is 2. The van der Waals surface area contributed by atoms with E-state index in [0.717, 1.165) is 30.7 Å². The molecule has 1 fully saturated rings. The van der Waals surface area contributed by atoms with Crippen molar-refractivity contribution >= 4 is 11.9 Å². The second kappa shape index (κ2) is 6.69. The largest absolute Gasteiger partial charge is 0.478 e. The van der Waals surface area contributed by atoms with Crippen molar-refractivity contribution in [2.75, 3.05) is 6.54 Å². The Morgan fingerprint density at radius 1 is 1.38 bits per heavy atom. The molecular formula is C16H16FN3O4. The van der Waals surface area contributed by atoms with E-state index >= 15 is 0 Å². The van der Waals surface area contributed by atoms with E-state index < -0.39 is 23.8 Å². The van der Waals surface area contributed by atoms with Crippen molar-refractivity contribution in [2.45, 2.75) is 24.9 Å². The number of halogens is 1. The minimum Gasteiger partial charge on any atom is -0.478 e. The molecule has 1 atom stereocenters. The van der Waals surface area contributed by atoms with Gasteiger partial charge in [-0.3, -0.25) is 9.89 Å². The highest BCUT2D eigenvalue weighted by Crippen LogP contribution is 2.38. The van der Waals surface area contributed by atoms with Crippen molar-refractivity contribution < 1.29 is 23.8 Å². The molecule has 126 valence electrons. The van der Waals surface area contributed by atoms with Crippen molar-refractivity contribution in [1.29, 1.82) is 0 Å². The number of hydrogen-bond acceptors (Lipinski definition) is 4. The van der Waals surface area contributed by atoms with Crippen LogP contribution in [0.4, 0.5) is 4.39 Å². The van der Waals surface area contributed by atoms with Crippen molar-refractivity contribution in [3.63, 3.8) is 0 Å². The average Bonchev–Trinajstić information content (AvgIpc) is 3.29. The predicted octanol–water partition coefficient (Wildman–Crippen LogP) is 1.69. The lowest BCUT2D eigenvalue weighted by Crippen LogP contribution is -2.40. The zero-order chi connectivity index (χ0) is 17.1. The van der Waals surface area contributed by atoms with Crippen molar-refractivity contribution in [3.8, 4) is 5.75 Å². The third-order valence-electron chi connectivity index (χ3n) is 3.66. The van der Waals surface area contributed by atoms with Gasteiger partial charge >= 0.3 is 5.97 Å². The van der Waals surface area contributed by atoms with E-state index in [4.69, 9.17) is 4.74 Å². The zero-order valence-electron chi connectivity index (χ0n) is 12.7. The van der Waals surface area contributed by atoms with E-state index in [1.54, 1.807) is 6.07 Å². The van der Waals surface area contributed by atoms with Gasteiger partial charge in [0.1, 0.15) is 17.3 Å². The first-order valence-electron chi connectivity index (χ1n) is 7.51. The summed E-state index contributed by atoms with van der Waals surface area (Å²) < 4.78 is 18.1. The Bertz CT molecular complexity index is 740. The number of H-pyrrole nitrogens is 1. The Morgan fingerprint density at radius 3 is 2.71 bits per heavy atom. The van der Waals surface area contributed by atoms with E-state index in [9.17, 15) is 19.1 Å². The third kappa shape index (κ3) is 3.89. The van der Waals surface area contributed by atoms with Gasteiger partial charge in [0.05, 0.1) is 6.54 Å². The highest BCUT2D eigenvalue weighted by Gasteiger charge is 2.27. The number of amides is 1. The molecule has 0 saturated heterocycles. The molecule has 1 amide bonds. The average molecular weight is 333 g/mol. The molecule has 3 rings (SSSR count). The van der Waals surface area contributed by atoms with E-state index in [-0.39, 0.29) is 18.0 Å².